The van der Waals surface area contributed by atoms with Crippen molar-refractivity contribution in [3.63, 3.8) is 0 Å². The Morgan fingerprint density at radius 3 is 2.31 bits per heavy atom. The molecule has 1 rings (SSSR count). The molecule has 3 heteroatoms. The van der Waals surface area contributed by atoms with Crippen LogP contribution in [-0.4, -0.2) is 21.6 Å². The van der Waals surface area contributed by atoms with E-state index in [9.17, 15) is 9.59 Å². The van der Waals surface area contributed by atoms with Crippen molar-refractivity contribution in [1.29, 1.82) is 0 Å². The van der Waals surface area contributed by atoms with Crippen molar-refractivity contribution >= 4 is 23.3 Å². The number of rotatable bonds is 4. The summed E-state index contributed by atoms with van der Waals surface area (Å²) in [5.41, 5.74) is 0. The molecule has 0 saturated heterocycles. The minimum Gasteiger partial charge on any atom is -0.299 e. The molecule has 0 aliphatic heterocycles. The second kappa shape index (κ2) is 4.91. The van der Waals surface area contributed by atoms with E-state index in [1.165, 1.54) is 0 Å². The molecule has 0 N–H and O–H groups in total. The fourth-order valence-corrected chi connectivity index (χ4v) is 3.37. The molecule has 0 aromatic rings. The van der Waals surface area contributed by atoms with Gasteiger partial charge in [0, 0.05) is 11.2 Å². The zero-order chi connectivity index (χ0) is 12.5. The van der Waals surface area contributed by atoms with E-state index in [2.05, 4.69) is 27.7 Å². The summed E-state index contributed by atoms with van der Waals surface area (Å²) >= 11 is 1.68. The molecule has 2 nitrogen and oxygen atoms in total. The monoisotopic (exact) mass is 242 g/mol. The third-order valence-electron chi connectivity index (χ3n) is 3.68. The van der Waals surface area contributed by atoms with E-state index in [1.807, 2.05) is 6.92 Å². The zero-order valence-electron chi connectivity index (χ0n) is 10.9. The average Bonchev–Trinajstić information content (AvgIpc) is 2.41. The summed E-state index contributed by atoms with van der Waals surface area (Å²) in [7, 11) is 0. The van der Waals surface area contributed by atoms with E-state index in [0.29, 0.717) is 18.8 Å². The summed E-state index contributed by atoms with van der Waals surface area (Å²) in [5, 5.41) is -0.102. The first-order chi connectivity index (χ1) is 7.29. The number of hydrogen-bond acceptors (Lipinski definition) is 3. The Labute approximate surface area is 103 Å². The maximum atomic E-state index is 12.0. The van der Waals surface area contributed by atoms with Crippen LogP contribution in [0, 0.1) is 11.8 Å². The highest BCUT2D eigenvalue weighted by atomic mass is 32.2. The van der Waals surface area contributed by atoms with Gasteiger partial charge in [-0.2, -0.15) is 0 Å². The van der Waals surface area contributed by atoms with Gasteiger partial charge in [0.1, 0.15) is 5.78 Å². The predicted octanol–water partition coefficient (Wildman–Crippen LogP) is 3.09. The van der Waals surface area contributed by atoms with Crippen LogP contribution in [-0.2, 0) is 9.59 Å². The quantitative estimate of drug-likeness (QED) is 0.710. The van der Waals surface area contributed by atoms with Gasteiger partial charge in [0.15, 0.2) is 5.78 Å². The van der Waals surface area contributed by atoms with Gasteiger partial charge in [0.25, 0.3) is 0 Å². The van der Waals surface area contributed by atoms with Crippen LogP contribution in [0.2, 0.25) is 0 Å². The van der Waals surface area contributed by atoms with Crippen molar-refractivity contribution in [3.8, 4) is 0 Å². The zero-order valence-corrected chi connectivity index (χ0v) is 11.7. The standard InChI is InChI=1S/C13H22O2S/c1-6-9-10(14)7-11(12(9)15)16-13(4,5)8(2)3/h8-9,11H,6-7H2,1-5H3. The Kier molecular flexibility index (Phi) is 4.22. The molecule has 0 aromatic carbocycles. The SMILES string of the molecule is CCC1C(=O)CC(SC(C)(C)C(C)C)C1=O. The molecule has 1 fully saturated rings. The second-order valence-electron chi connectivity index (χ2n) is 5.40. The van der Waals surface area contributed by atoms with Crippen molar-refractivity contribution in [2.75, 3.05) is 0 Å². The Balaban J connectivity index is 2.71. The van der Waals surface area contributed by atoms with Crippen LogP contribution in [0.3, 0.4) is 0 Å². The van der Waals surface area contributed by atoms with E-state index in [0.717, 1.165) is 0 Å². The van der Waals surface area contributed by atoms with Crippen molar-refractivity contribution in [3.05, 3.63) is 0 Å². The molecule has 1 saturated carbocycles. The molecule has 2 atom stereocenters. The Morgan fingerprint density at radius 1 is 1.38 bits per heavy atom. The first-order valence-electron chi connectivity index (χ1n) is 6.03. The van der Waals surface area contributed by atoms with Crippen molar-refractivity contribution < 1.29 is 9.59 Å². The fraction of sp³-hybridized carbons (Fsp3) is 0.846. The van der Waals surface area contributed by atoms with Crippen LogP contribution in [0.15, 0.2) is 0 Å². The summed E-state index contributed by atoms with van der Waals surface area (Å²) < 4.78 is 0.0588. The molecular weight excluding hydrogens is 220 g/mol. The van der Waals surface area contributed by atoms with E-state index in [1.54, 1.807) is 11.8 Å². The van der Waals surface area contributed by atoms with Crippen LogP contribution < -0.4 is 0 Å². The number of ketones is 2. The summed E-state index contributed by atoms with van der Waals surface area (Å²) in [5.74, 6) is 0.484. The van der Waals surface area contributed by atoms with Gasteiger partial charge >= 0.3 is 0 Å². The third-order valence-corrected chi connectivity index (χ3v) is 5.44. The minimum atomic E-state index is -0.319. The molecule has 0 bridgehead atoms. The number of hydrogen-bond donors (Lipinski definition) is 0. The lowest BCUT2D eigenvalue weighted by molar-refractivity contribution is -0.127. The summed E-state index contributed by atoms with van der Waals surface area (Å²) in [4.78, 5) is 23.7. The lowest BCUT2D eigenvalue weighted by Crippen LogP contribution is -2.28. The normalized spacial score (nSPS) is 26.9. The topological polar surface area (TPSA) is 34.1 Å². The van der Waals surface area contributed by atoms with Crippen molar-refractivity contribution in [2.24, 2.45) is 11.8 Å². The maximum Gasteiger partial charge on any atom is 0.156 e. The van der Waals surface area contributed by atoms with Gasteiger partial charge in [0.2, 0.25) is 0 Å². The first kappa shape index (κ1) is 13.8. The molecule has 16 heavy (non-hydrogen) atoms. The van der Waals surface area contributed by atoms with Crippen LogP contribution in [0.5, 0.6) is 0 Å². The van der Waals surface area contributed by atoms with Gasteiger partial charge in [-0.25, -0.2) is 0 Å². The number of carbonyl (C=O) groups excluding carboxylic acids is 2. The molecule has 0 radical (unpaired) electrons. The van der Waals surface area contributed by atoms with Crippen LogP contribution in [0.1, 0.15) is 47.5 Å². The molecule has 2 unspecified atom stereocenters. The van der Waals surface area contributed by atoms with Crippen LogP contribution >= 0.6 is 11.8 Å². The Hall–Kier alpha value is -0.310. The smallest absolute Gasteiger partial charge is 0.156 e. The summed E-state index contributed by atoms with van der Waals surface area (Å²) in [6.45, 7) is 10.5. The highest BCUT2D eigenvalue weighted by Crippen LogP contribution is 2.41. The van der Waals surface area contributed by atoms with Gasteiger partial charge in [0.05, 0.1) is 11.2 Å². The summed E-state index contributed by atoms with van der Waals surface area (Å²) in [6, 6.07) is 0. The number of thioether (sulfide) groups is 1. The van der Waals surface area contributed by atoms with Crippen LogP contribution in [0.4, 0.5) is 0 Å². The second-order valence-corrected chi connectivity index (χ2v) is 7.26. The highest BCUT2D eigenvalue weighted by molar-refractivity contribution is 8.02. The lowest BCUT2D eigenvalue weighted by atomic mass is 10.00. The molecule has 0 spiro atoms. The molecule has 0 heterocycles. The van der Waals surface area contributed by atoms with E-state index in [4.69, 9.17) is 0 Å². The molecular formula is C13H22O2S. The number of Topliss-reactive ketones (excluding diaryl/α,β-unsaturated/α-hetero) is 2. The fourth-order valence-electron chi connectivity index (χ4n) is 1.84. The van der Waals surface area contributed by atoms with Gasteiger partial charge in [-0.1, -0.05) is 34.6 Å². The van der Waals surface area contributed by atoms with E-state index in [-0.39, 0.29) is 27.5 Å². The molecule has 92 valence electrons. The average molecular weight is 242 g/mol. The van der Waals surface area contributed by atoms with Gasteiger partial charge in [-0.15, -0.1) is 11.8 Å². The van der Waals surface area contributed by atoms with Gasteiger partial charge in [-0.05, 0) is 12.3 Å². The Bertz CT molecular complexity index is 294. The summed E-state index contributed by atoms with van der Waals surface area (Å²) in [6.07, 6.45) is 1.11. The minimum absolute atomic E-state index is 0.0588. The first-order valence-corrected chi connectivity index (χ1v) is 6.91. The number of carbonyl (C=O) groups is 2. The van der Waals surface area contributed by atoms with Crippen molar-refractivity contribution in [1.82, 2.24) is 0 Å². The Morgan fingerprint density at radius 2 is 1.94 bits per heavy atom. The van der Waals surface area contributed by atoms with Crippen molar-refractivity contribution in [2.45, 2.75) is 57.5 Å². The van der Waals surface area contributed by atoms with E-state index < -0.39 is 0 Å². The lowest BCUT2D eigenvalue weighted by Gasteiger charge is -2.30. The molecule has 1 aliphatic rings. The molecule has 0 aromatic heterocycles. The molecule has 1 aliphatic carbocycles. The highest BCUT2D eigenvalue weighted by Gasteiger charge is 2.43. The largest absolute Gasteiger partial charge is 0.299 e. The van der Waals surface area contributed by atoms with E-state index >= 15 is 0 Å². The predicted molar refractivity (Wildman–Crippen MR) is 68.7 cm³/mol. The molecule has 0 amide bonds. The van der Waals surface area contributed by atoms with Crippen LogP contribution in [0.25, 0.3) is 0 Å². The van der Waals surface area contributed by atoms with Gasteiger partial charge in [-0.3, -0.25) is 9.59 Å². The maximum absolute atomic E-state index is 12.0. The van der Waals surface area contributed by atoms with Gasteiger partial charge < -0.3 is 0 Å². The third kappa shape index (κ3) is 2.68.